The van der Waals surface area contributed by atoms with Crippen LogP contribution >= 0.6 is 0 Å². The maximum atomic E-state index is 2.50. The molecule has 0 spiro atoms. The summed E-state index contributed by atoms with van der Waals surface area (Å²) in [5.41, 5.74) is 0. The summed E-state index contributed by atoms with van der Waals surface area (Å²) >= 11 is -1.34. The molecule has 66 valence electrons. The third-order valence-electron chi connectivity index (χ3n) is 1.59. The van der Waals surface area contributed by atoms with Crippen molar-refractivity contribution >= 4 is 13.3 Å². The van der Waals surface area contributed by atoms with Gasteiger partial charge in [-0.15, -0.1) is 0 Å². The molecule has 0 radical (unpaired) electrons. The summed E-state index contributed by atoms with van der Waals surface area (Å²) in [6, 6.07) is 0. The normalized spacial score (nSPS) is 12.7. The van der Waals surface area contributed by atoms with Crippen molar-refractivity contribution in [3.8, 4) is 0 Å². The van der Waals surface area contributed by atoms with Gasteiger partial charge >= 0.3 is 74.1 Å². The molecule has 0 N–H and O–H groups in total. The third-order valence-corrected chi connectivity index (χ3v) is 4.18. The van der Waals surface area contributed by atoms with E-state index in [9.17, 15) is 0 Å². The van der Waals surface area contributed by atoms with Gasteiger partial charge in [0, 0.05) is 0 Å². The Hall–Kier alpha value is 0.283. The maximum absolute atomic E-state index is 2.50. The second kappa shape index (κ2) is 5.87. The summed E-state index contributed by atoms with van der Waals surface area (Å²) in [5, 5.41) is 0. The van der Waals surface area contributed by atoms with E-state index in [1.165, 1.54) is 25.7 Å². The van der Waals surface area contributed by atoms with Crippen molar-refractivity contribution in [1.82, 2.24) is 0 Å². The molecular formula is C10H22Ge. The molecule has 0 aliphatic carbocycles. The zero-order valence-corrected chi connectivity index (χ0v) is 10.6. The van der Waals surface area contributed by atoms with Crippen molar-refractivity contribution in [2.75, 3.05) is 0 Å². The molecule has 0 aromatic heterocycles. The quantitative estimate of drug-likeness (QED) is 0.480. The van der Waals surface area contributed by atoms with Crippen LogP contribution in [0.3, 0.4) is 0 Å². The van der Waals surface area contributed by atoms with Crippen LogP contribution in [0.5, 0.6) is 0 Å². The zero-order chi connectivity index (χ0) is 8.74. The number of hydrogen-bond acceptors (Lipinski definition) is 0. The van der Waals surface area contributed by atoms with Crippen molar-refractivity contribution < 1.29 is 0 Å². The predicted molar refractivity (Wildman–Crippen MR) is 56.6 cm³/mol. The summed E-state index contributed by atoms with van der Waals surface area (Å²) in [5.74, 6) is 7.28. The minimum atomic E-state index is -1.34. The van der Waals surface area contributed by atoms with Crippen molar-refractivity contribution in [3.63, 3.8) is 0 Å². The molecule has 0 aliphatic heterocycles. The molecule has 0 nitrogen and oxygen atoms in total. The van der Waals surface area contributed by atoms with Gasteiger partial charge in [-0.1, -0.05) is 0 Å². The minimum absolute atomic E-state index is 1.30. The molecule has 0 rings (SSSR count). The van der Waals surface area contributed by atoms with Gasteiger partial charge in [0.2, 0.25) is 0 Å². The molecule has 0 fully saturated rings. The first-order valence-electron chi connectivity index (χ1n) is 4.74. The van der Waals surface area contributed by atoms with E-state index in [0.717, 1.165) is 0 Å². The van der Waals surface area contributed by atoms with Crippen LogP contribution < -0.4 is 0 Å². The van der Waals surface area contributed by atoms with E-state index in [0.29, 0.717) is 0 Å². The van der Waals surface area contributed by atoms with Crippen LogP contribution in [0.25, 0.3) is 0 Å². The molecular weight excluding hydrogens is 193 g/mol. The molecule has 0 saturated carbocycles. The second-order valence-corrected chi connectivity index (χ2v) is 14.9. The van der Waals surface area contributed by atoms with Gasteiger partial charge in [0.15, 0.2) is 0 Å². The average Bonchev–Trinajstić information content (AvgIpc) is 1.85. The fraction of sp³-hybridized carbons (Fsp3) is 0.800. The molecule has 0 aromatic carbocycles. The summed E-state index contributed by atoms with van der Waals surface area (Å²) in [6.45, 7) is 2.26. The zero-order valence-electron chi connectivity index (χ0n) is 8.48. The summed E-state index contributed by atoms with van der Waals surface area (Å²) < 4.78 is 0. The molecule has 11 heavy (non-hydrogen) atoms. The average molecular weight is 215 g/mol. The number of rotatable bonds is 5. The SMILES string of the molecule is CCCCC/C=[CH]\[Ge]([CH3])([CH3])[CH3]. The monoisotopic (exact) mass is 216 g/mol. The van der Waals surface area contributed by atoms with E-state index in [1.54, 1.807) is 0 Å². The molecule has 0 bridgehead atoms. The van der Waals surface area contributed by atoms with E-state index in [1.807, 2.05) is 0 Å². The topological polar surface area (TPSA) is 0 Å². The number of unbranched alkanes of at least 4 members (excludes halogenated alkanes) is 3. The first kappa shape index (κ1) is 11.3. The predicted octanol–water partition coefficient (Wildman–Crippen LogP) is 4.00. The Bertz CT molecular complexity index is 109. The summed E-state index contributed by atoms with van der Waals surface area (Å²) in [7, 11) is 0. The van der Waals surface area contributed by atoms with Gasteiger partial charge in [0.05, 0.1) is 0 Å². The third kappa shape index (κ3) is 10.3. The van der Waals surface area contributed by atoms with Gasteiger partial charge < -0.3 is 0 Å². The van der Waals surface area contributed by atoms with Gasteiger partial charge in [-0.3, -0.25) is 0 Å². The number of hydrogen-bond donors (Lipinski definition) is 0. The van der Waals surface area contributed by atoms with Gasteiger partial charge in [-0.2, -0.15) is 0 Å². The van der Waals surface area contributed by atoms with E-state index in [2.05, 4.69) is 35.2 Å². The molecule has 0 amide bonds. The van der Waals surface area contributed by atoms with E-state index < -0.39 is 13.3 Å². The van der Waals surface area contributed by atoms with Crippen molar-refractivity contribution in [2.24, 2.45) is 0 Å². The molecule has 0 heterocycles. The van der Waals surface area contributed by atoms with Gasteiger partial charge in [-0.25, -0.2) is 0 Å². The summed E-state index contributed by atoms with van der Waals surface area (Å²) in [4.78, 5) is 2.50. The Morgan fingerprint density at radius 2 is 1.73 bits per heavy atom. The van der Waals surface area contributed by atoms with Crippen LogP contribution in [-0.2, 0) is 0 Å². The van der Waals surface area contributed by atoms with E-state index in [-0.39, 0.29) is 0 Å². The molecule has 0 atom stereocenters. The Labute approximate surface area is 74.4 Å². The second-order valence-electron chi connectivity index (χ2n) is 4.26. The molecule has 0 aliphatic rings. The van der Waals surface area contributed by atoms with Crippen LogP contribution in [0.4, 0.5) is 0 Å². The Balaban J connectivity index is 3.30. The molecule has 0 unspecified atom stereocenters. The Morgan fingerprint density at radius 1 is 1.09 bits per heavy atom. The van der Waals surface area contributed by atoms with Crippen LogP contribution in [0, 0.1) is 0 Å². The Kier molecular flexibility index (Phi) is 6.02. The summed E-state index contributed by atoms with van der Waals surface area (Å²) in [6.07, 6.45) is 7.81. The Morgan fingerprint density at radius 3 is 2.18 bits per heavy atom. The van der Waals surface area contributed by atoms with E-state index in [4.69, 9.17) is 0 Å². The van der Waals surface area contributed by atoms with Crippen molar-refractivity contribution in [1.29, 1.82) is 0 Å². The van der Waals surface area contributed by atoms with Crippen LogP contribution in [0.1, 0.15) is 32.6 Å². The first-order chi connectivity index (χ1) is 5.06. The van der Waals surface area contributed by atoms with Crippen LogP contribution in [0.15, 0.2) is 11.0 Å². The number of allylic oxidation sites excluding steroid dienone is 1. The van der Waals surface area contributed by atoms with Crippen molar-refractivity contribution in [2.45, 2.75) is 49.9 Å². The van der Waals surface area contributed by atoms with Crippen LogP contribution in [-0.4, -0.2) is 13.3 Å². The van der Waals surface area contributed by atoms with Crippen molar-refractivity contribution in [3.05, 3.63) is 11.0 Å². The van der Waals surface area contributed by atoms with Gasteiger partial charge in [0.25, 0.3) is 0 Å². The fourth-order valence-electron chi connectivity index (χ4n) is 0.949. The van der Waals surface area contributed by atoms with Gasteiger partial charge in [0.1, 0.15) is 0 Å². The molecule has 1 heteroatoms. The van der Waals surface area contributed by atoms with E-state index >= 15 is 0 Å². The first-order valence-corrected chi connectivity index (χ1v) is 12.2. The molecule has 0 saturated heterocycles. The fourth-order valence-corrected chi connectivity index (χ4v) is 2.78. The standard InChI is InChI=1S/C10H22Ge/c1-5-6-7-8-9-10-11(2,3)4/h9-10H,5-8H2,1-4H3/b10-9-. The van der Waals surface area contributed by atoms with Gasteiger partial charge in [-0.05, 0) is 0 Å². The van der Waals surface area contributed by atoms with Crippen LogP contribution in [0.2, 0.25) is 17.3 Å². The molecule has 0 aromatic rings.